The van der Waals surface area contributed by atoms with Gasteiger partial charge in [0, 0.05) is 18.3 Å². The second-order valence-corrected chi connectivity index (χ2v) is 7.68. The lowest BCUT2D eigenvalue weighted by atomic mass is 10.1. The van der Waals surface area contributed by atoms with Gasteiger partial charge in [0.25, 0.3) is 0 Å². The monoisotopic (exact) mass is 306 g/mol. The normalized spacial score (nSPS) is 13.5. The molecule has 0 aliphatic rings. The van der Waals surface area contributed by atoms with E-state index in [2.05, 4.69) is 10.0 Å². The van der Waals surface area contributed by atoms with E-state index >= 15 is 0 Å². The fourth-order valence-corrected chi connectivity index (χ4v) is 3.00. The van der Waals surface area contributed by atoms with Crippen molar-refractivity contribution in [3.63, 3.8) is 0 Å². The minimum atomic E-state index is -3.39. The van der Waals surface area contributed by atoms with Crippen LogP contribution in [0.15, 0.2) is 42.5 Å². The smallest absolute Gasteiger partial charge is 0.236 e. The molecule has 0 saturated carbocycles. The fraction of sp³-hybridized carbons (Fsp3) is 0.375. The molecule has 21 heavy (non-hydrogen) atoms. The lowest BCUT2D eigenvalue weighted by Gasteiger charge is -2.17. The van der Waals surface area contributed by atoms with Crippen LogP contribution in [0.3, 0.4) is 0 Å². The van der Waals surface area contributed by atoms with Crippen LogP contribution in [0.1, 0.15) is 20.8 Å². The topological polar surface area (TPSA) is 58.2 Å². The molecule has 2 aromatic carbocycles. The Kier molecular flexibility index (Phi) is 4.85. The number of hydrogen-bond acceptors (Lipinski definition) is 3. The molecule has 0 bridgehead atoms. The SMILES string of the molecule is CC(C)NCC(C)S(=O)(=O)Nc1ccc2ccccc2c1. The molecule has 0 aliphatic heterocycles. The molecule has 2 aromatic rings. The second kappa shape index (κ2) is 6.45. The van der Waals surface area contributed by atoms with Gasteiger partial charge < -0.3 is 5.32 Å². The van der Waals surface area contributed by atoms with Crippen LogP contribution in [0.25, 0.3) is 10.8 Å². The van der Waals surface area contributed by atoms with Crippen molar-refractivity contribution < 1.29 is 8.42 Å². The average Bonchev–Trinajstić information content (AvgIpc) is 2.44. The summed E-state index contributed by atoms with van der Waals surface area (Å²) >= 11 is 0. The zero-order valence-corrected chi connectivity index (χ0v) is 13.4. The van der Waals surface area contributed by atoms with E-state index in [9.17, 15) is 8.42 Å². The van der Waals surface area contributed by atoms with Crippen LogP contribution in [0.4, 0.5) is 5.69 Å². The number of nitrogens with one attached hydrogen (secondary N) is 2. The van der Waals surface area contributed by atoms with Crippen molar-refractivity contribution in [2.75, 3.05) is 11.3 Å². The molecular weight excluding hydrogens is 284 g/mol. The predicted molar refractivity (Wildman–Crippen MR) is 89.1 cm³/mol. The van der Waals surface area contributed by atoms with Gasteiger partial charge in [-0.2, -0.15) is 0 Å². The molecule has 0 amide bonds. The van der Waals surface area contributed by atoms with E-state index in [1.165, 1.54) is 0 Å². The Labute approximate surface area is 126 Å². The summed E-state index contributed by atoms with van der Waals surface area (Å²) in [5, 5.41) is 4.77. The number of hydrogen-bond donors (Lipinski definition) is 2. The Morgan fingerprint density at radius 2 is 1.67 bits per heavy atom. The molecule has 2 N–H and O–H groups in total. The number of sulfonamides is 1. The standard InChI is InChI=1S/C16H22N2O2S/c1-12(2)17-11-13(3)21(19,20)18-16-9-8-14-6-4-5-7-15(14)10-16/h4-10,12-13,17-18H,11H2,1-3H3. The van der Waals surface area contributed by atoms with E-state index in [1.807, 2.05) is 50.2 Å². The molecule has 2 rings (SSSR count). The maximum atomic E-state index is 12.3. The Hall–Kier alpha value is -1.59. The molecule has 0 aliphatic carbocycles. The number of fused-ring (bicyclic) bond motifs is 1. The van der Waals surface area contributed by atoms with Gasteiger partial charge in [0.05, 0.1) is 5.25 Å². The summed E-state index contributed by atoms with van der Waals surface area (Å²) in [6.45, 7) is 6.13. The zero-order chi connectivity index (χ0) is 15.5. The van der Waals surface area contributed by atoms with Crippen molar-refractivity contribution in [2.45, 2.75) is 32.1 Å². The van der Waals surface area contributed by atoms with E-state index in [0.717, 1.165) is 10.8 Å². The van der Waals surface area contributed by atoms with E-state index in [4.69, 9.17) is 0 Å². The summed E-state index contributed by atoms with van der Waals surface area (Å²) in [6.07, 6.45) is 0. The molecule has 0 heterocycles. The minimum absolute atomic E-state index is 0.267. The first kappa shape index (κ1) is 15.8. The molecule has 0 aromatic heterocycles. The van der Waals surface area contributed by atoms with Crippen LogP contribution < -0.4 is 10.0 Å². The second-order valence-electron chi connectivity index (χ2n) is 5.58. The first-order valence-electron chi connectivity index (χ1n) is 7.12. The highest BCUT2D eigenvalue weighted by Gasteiger charge is 2.20. The molecule has 1 atom stereocenters. The summed E-state index contributed by atoms with van der Waals surface area (Å²) in [7, 11) is -3.39. The Morgan fingerprint density at radius 1 is 1.00 bits per heavy atom. The van der Waals surface area contributed by atoms with Crippen LogP contribution in [-0.2, 0) is 10.0 Å². The van der Waals surface area contributed by atoms with Gasteiger partial charge >= 0.3 is 0 Å². The van der Waals surface area contributed by atoms with Gasteiger partial charge in [-0.15, -0.1) is 0 Å². The summed E-state index contributed by atoms with van der Waals surface area (Å²) in [5.41, 5.74) is 0.602. The summed E-state index contributed by atoms with van der Waals surface area (Å²) in [5.74, 6) is 0. The summed E-state index contributed by atoms with van der Waals surface area (Å²) < 4.78 is 27.3. The maximum Gasteiger partial charge on any atom is 0.236 e. The average molecular weight is 306 g/mol. The van der Waals surface area contributed by atoms with Gasteiger partial charge in [-0.25, -0.2) is 8.42 Å². The third-order valence-electron chi connectivity index (χ3n) is 3.35. The van der Waals surface area contributed by atoms with Gasteiger partial charge in [0.2, 0.25) is 10.0 Å². The molecule has 4 nitrogen and oxygen atoms in total. The first-order chi connectivity index (χ1) is 9.88. The fourth-order valence-electron chi connectivity index (χ4n) is 2.03. The largest absolute Gasteiger partial charge is 0.313 e. The highest BCUT2D eigenvalue weighted by atomic mass is 32.2. The predicted octanol–water partition coefficient (Wildman–Crippen LogP) is 2.97. The van der Waals surface area contributed by atoms with Crippen LogP contribution in [0.5, 0.6) is 0 Å². The molecule has 0 spiro atoms. The van der Waals surface area contributed by atoms with Gasteiger partial charge in [-0.1, -0.05) is 44.2 Å². The molecule has 114 valence electrons. The van der Waals surface area contributed by atoms with E-state index in [1.54, 1.807) is 13.0 Å². The Bertz CT molecular complexity index is 711. The third kappa shape index (κ3) is 4.19. The van der Waals surface area contributed by atoms with Crippen molar-refractivity contribution in [3.05, 3.63) is 42.5 Å². The summed E-state index contributed by atoms with van der Waals surface area (Å²) in [6, 6.07) is 13.7. The van der Waals surface area contributed by atoms with Crippen LogP contribution >= 0.6 is 0 Å². The number of anilines is 1. The van der Waals surface area contributed by atoms with Gasteiger partial charge in [0.1, 0.15) is 0 Å². The van der Waals surface area contributed by atoms with Crippen molar-refractivity contribution >= 4 is 26.5 Å². The van der Waals surface area contributed by atoms with E-state index < -0.39 is 15.3 Å². The van der Waals surface area contributed by atoms with Gasteiger partial charge in [0.15, 0.2) is 0 Å². The van der Waals surface area contributed by atoms with Gasteiger partial charge in [-0.3, -0.25) is 4.72 Å². The molecule has 0 radical (unpaired) electrons. The van der Waals surface area contributed by atoms with E-state index in [-0.39, 0.29) is 6.04 Å². The quantitative estimate of drug-likeness (QED) is 0.862. The zero-order valence-electron chi connectivity index (χ0n) is 12.6. The summed E-state index contributed by atoms with van der Waals surface area (Å²) in [4.78, 5) is 0. The molecule has 0 fully saturated rings. The van der Waals surface area contributed by atoms with Crippen molar-refractivity contribution in [1.29, 1.82) is 0 Å². The van der Waals surface area contributed by atoms with Crippen molar-refractivity contribution in [1.82, 2.24) is 5.32 Å². The maximum absolute atomic E-state index is 12.3. The number of benzene rings is 2. The Morgan fingerprint density at radius 3 is 2.33 bits per heavy atom. The van der Waals surface area contributed by atoms with Crippen molar-refractivity contribution in [3.8, 4) is 0 Å². The lowest BCUT2D eigenvalue weighted by molar-refractivity contribution is 0.553. The van der Waals surface area contributed by atoms with Crippen LogP contribution in [0.2, 0.25) is 0 Å². The molecule has 0 saturated heterocycles. The van der Waals surface area contributed by atoms with Crippen LogP contribution in [0, 0.1) is 0 Å². The van der Waals surface area contributed by atoms with Crippen LogP contribution in [-0.4, -0.2) is 26.3 Å². The Balaban J connectivity index is 2.14. The highest BCUT2D eigenvalue weighted by Crippen LogP contribution is 2.20. The molecule has 1 unspecified atom stereocenters. The van der Waals surface area contributed by atoms with Crippen molar-refractivity contribution in [2.24, 2.45) is 0 Å². The van der Waals surface area contributed by atoms with E-state index in [0.29, 0.717) is 12.2 Å². The molecular formula is C16H22N2O2S. The third-order valence-corrected chi connectivity index (χ3v) is 5.10. The first-order valence-corrected chi connectivity index (χ1v) is 8.67. The number of rotatable bonds is 6. The lowest BCUT2D eigenvalue weighted by Crippen LogP contribution is -2.37. The van der Waals surface area contributed by atoms with Gasteiger partial charge in [-0.05, 0) is 29.8 Å². The molecule has 5 heteroatoms. The minimum Gasteiger partial charge on any atom is -0.313 e. The highest BCUT2D eigenvalue weighted by molar-refractivity contribution is 7.93.